The van der Waals surface area contributed by atoms with Gasteiger partial charge in [-0.05, 0) is 28.7 Å². The number of hydrogen-bond acceptors (Lipinski definition) is 6. The van der Waals surface area contributed by atoms with Gasteiger partial charge in [-0.1, -0.05) is 48.5 Å². The van der Waals surface area contributed by atoms with E-state index in [4.69, 9.17) is 14.6 Å². The molecule has 1 aliphatic heterocycles. The Hall–Kier alpha value is -3.43. The Balaban J connectivity index is 1.22. The van der Waals surface area contributed by atoms with Crippen molar-refractivity contribution in [1.29, 1.82) is 0 Å². The van der Waals surface area contributed by atoms with Crippen molar-refractivity contribution >= 4 is 18.0 Å². The van der Waals surface area contributed by atoms with Crippen LogP contribution in [0.2, 0.25) is 0 Å². The van der Waals surface area contributed by atoms with E-state index >= 15 is 0 Å². The topological polar surface area (TPSA) is 134 Å². The number of aliphatic hydroxyl groups is 1. The van der Waals surface area contributed by atoms with Crippen LogP contribution in [0.15, 0.2) is 48.5 Å². The van der Waals surface area contributed by atoms with E-state index < -0.39 is 24.1 Å². The molecule has 9 heteroatoms. The van der Waals surface area contributed by atoms with Gasteiger partial charge in [-0.25, -0.2) is 9.59 Å². The third kappa shape index (κ3) is 5.15. The molecule has 33 heavy (non-hydrogen) atoms. The van der Waals surface area contributed by atoms with E-state index in [1.54, 1.807) is 0 Å². The molecule has 0 radical (unpaired) electrons. The fraction of sp³-hybridized carbons (Fsp3) is 0.375. The Morgan fingerprint density at radius 2 is 1.67 bits per heavy atom. The highest BCUT2D eigenvalue weighted by Gasteiger charge is 2.32. The molecule has 1 heterocycles. The van der Waals surface area contributed by atoms with Gasteiger partial charge in [0, 0.05) is 12.5 Å². The molecule has 1 aliphatic carbocycles. The van der Waals surface area contributed by atoms with E-state index in [0.717, 1.165) is 22.3 Å². The van der Waals surface area contributed by atoms with E-state index in [-0.39, 0.29) is 44.2 Å². The number of aliphatic hydroxyl groups excluding tert-OH is 1. The standard InChI is InChI=1S/C24H26N2O7/c27-21(23(29)30)11-25-22(28)14-9-15(32-12-14)10-26-24(31)33-13-20-18-7-3-1-5-16(18)17-6-2-4-8-19(17)20/h1-8,14-15,20-21,27H,9-13H2,(H,25,28)(H,26,31)(H,29,30)/t14-,15-,21?/m0/s1. The first kappa shape index (κ1) is 22.8. The molecule has 174 valence electrons. The predicted molar refractivity (Wildman–Crippen MR) is 118 cm³/mol. The molecule has 2 amide bonds. The zero-order valence-corrected chi connectivity index (χ0v) is 17.9. The van der Waals surface area contributed by atoms with Crippen LogP contribution in [0.4, 0.5) is 4.79 Å². The monoisotopic (exact) mass is 454 g/mol. The van der Waals surface area contributed by atoms with E-state index in [0.29, 0.717) is 6.42 Å². The van der Waals surface area contributed by atoms with Gasteiger partial charge in [0.05, 0.1) is 25.2 Å². The lowest BCUT2D eigenvalue weighted by molar-refractivity contribution is -0.146. The summed E-state index contributed by atoms with van der Waals surface area (Å²) >= 11 is 0. The number of ether oxygens (including phenoxy) is 2. The number of fused-ring (bicyclic) bond motifs is 3. The van der Waals surface area contributed by atoms with Crippen molar-refractivity contribution in [3.63, 3.8) is 0 Å². The maximum absolute atomic E-state index is 12.3. The fourth-order valence-corrected chi connectivity index (χ4v) is 4.31. The van der Waals surface area contributed by atoms with Gasteiger partial charge >= 0.3 is 12.1 Å². The summed E-state index contributed by atoms with van der Waals surface area (Å²) in [5.41, 5.74) is 4.57. The van der Waals surface area contributed by atoms with Gasteiger partial charge in [0.1, 0.15) is 6.61 Å². The molecule has 0 spiro atoms. The minimum Gasteiger partial charge on any atom is -0.479 e. The molecular weight excluding hydrogens is 428 g/mol. The maximum atomic E-state index is 12.3. The normalized spacial score (nSPS) is 19.9. The molecule has 2 aliphatic rings. The van der Waals surface area contributed by atoms with Crippen molar-refractivity contribution in [2.24, 2.45) is 5.92 Å². The van der Waals surface area contributed by atoms with Gasteiger partial charge in [0.2, 0.25) is 5.91 Å². The number of hydrogen-bond donors (Lipinski definition) is 4. The third-order valence-electron chi connectivity index (χ3n) is 6.02. The number of carboxylic acids is 1. The molecular formula is C24H26N2O7. The van der Waals surface area contributed by atoms with Crippen molar-refractivity contribution in [2.75, 3.05) is 26.3 Å². The van der Waals surface area contributed by atoms with Crippen molar-refractivity contribution in [3.8, 4) is 11.1 Å². The van der Waals surface area contributed by atoms with Gasteiger partial charge in [0.25, 0.3) is 0 Å². The minimum atomic E-state index is -1.65. The lowest BCUT2D eigenvalue weighted by Crippen LogP contribution is -2.39. The molecule has 4 rings (SSSR count). The number of benzene rings is 2. The summed E-state index contributed by atoms with van der Waals surface area (Å²) in [6.07, 6.45) is -2.19. The Labute approximate surface area is 190 Å². The summed E-state index contributed by atoms with van der Waals surface area (Å²) in [5, 5.41) is 23.0. The highest BCUT2D eigenvalue weighted by molar-refractivity contribution is 5.80. The summed E-state index contributed by atoms with van der Waals surface area (Å²) in [6, 6.07) is 16.2. The van der Waals surface area contributed by atoms with Gasteiger partial charge < -0.3 is 30.3 Å². The van der Waals surface area contributed by atoms with Crippen LogP contribution in [0.5, 0.6) is 0 Å². The first-order valence-corrected chi connectivity index (χ1v) is 10.8. The number of amides is 2. The lowest BCUT2D eigenvalue weighted by atomic mass is 9.98. The number of aliphatic carboxylic acids is 1. The Bertz CT molecular complexity index is 995. The van der Waals surface area contributed by atoms with Crippen molar-refractivity contribution in [3.05, 3.63) is 59.7 Å². The predicted octanol–water partition coefficient (Wildman–Crippen LogP) is 1.49. The Morgan fingerprint density at radius 3 is 2.30 bits per heavy atom. The molecule has 9 nitrogen and oxygen atoms in total. The number of rotatable bonds is 8. The highest BCUT2D eigenvalue weighted by Crippen LogP contribution is 2.44. The lowest BCUT2D eigenvalue weighted by Gasteiger charge is -2.16. The summed E-state index contributed by atoms with van der Waals surface area (Å²) in [7, 11) is 0. The quantitative estimate of drug-likeness (QED) is 0.475. The van der Waals surface area contributed by atoms with Gasteiger partial charge in [-0.15, -0.1) is 0 Å². The number of carbonyl (C=O) groups is 3. The smallest absolute Gasteiger partial charge is 0.407 e. The number of carbonyl (C=O) groups excluding carboxylic acids is 2. The second-order valence-corrected chi connectivity index (χ2v) is 8.19. The van der Waals surface area contributed by atoms with E-state index in [2.05, 4.69) is 22.8 Å². The fourth-order valence-electron chi connectivity index (χ4n) is 4.31. The van der Waals surface area contributed by atoms with Crippen LogP contribution in [-0.2, 0) is 19.1 Å². The van der Waals surface area contributed by atoms with Gasteiger partial charge in [0.15, 0.2) is 6.10 Å². The molecule has 0 aromatic heterocycles. The summed E-state index contributed by atoms with van der Waals surface area (Å²) in [6.45, 7) is 0.194. The first-order valence-electron chi connectivity index (χ1n) is 10.8. The van der Waals surface area contributed by atoms with Crippen LogP contribution in [0, 0.1) is 5.92 Å². The molecule has 1 saturated heterocycles. The van der Waals surface area contributed by atoms with Crippen molar-refractivity contribution in [1.82, 2.24) is 10.6 Å². The zero-order valence-electron chi connectivity index (χ0n) is 17.9. The first-order chi connectivity index (χ1) is 15.9. The highest BCUT2D eigenvalue weighted by atomic mass is 16.5. The van der Waals surface area contributed by atoms with Gasteiger partial charge in [-0.3, -0.25) is 4.79 Å². The summed E-state index contributed by atoms with van der Waals surface area (Å²) in [4.78, 5) is 35.0. The van der Waals surface area contributed by atoms with Crippen LogP contribution in [0.25, 0.3) is 11.1 Å². The Kier molecular flexibility index (Phi) is 6.90. The Morgan fingerprint density at radius 1 is 1.03 bits per heavy atom. The second kappa shape index (κ2) is 10.0. The number of alkyl carbamates (subject to hydrolysis) is 1. The van der Waals surface area contributed by atoms with Crippen LogP contribution < -0.4 is 10.6 Å². The molecule has 2 aromatic rings. The molecule has 0 saturated carbocycles. The average Bonchev–Trinajstić information content (AvgIpc) is 3.42. The SMILES string of the molecule is O=C(NC[C@@H]1C[C@H](C(=O)NCC(O)C(=O)O)CO1)OCC1c2ccccc2-c2ccccc21. The molecule has 3 atom stereocenters. The number of carboxylic acid groups (broad SMARTS) is 1. The second-order valence-electron chi connectivity index (χ2n) is 8.19. The molecule has 1 unspecified atom stereocenters. The summed E-state index contributed by atoms with van der Waals surface area (Å²) < 4.78 is 11.0. The number of nitrogens with one attached hydrogen (secondary N) is 2. The van der Waals surface area contributed by atoms with Crippen molar-refractivity contribution < 1.29 is 34.1 Å². The van der Waals surface area contributed by atoms with Crippen LogP contribution in [0.1, 0.15) is 23.5 Å². The third-order valence-corrected chi connectivity index (χ3v) is 6.02. The van der Waals surface area contributed by atoms with Crippen LogP contribution in [-0.4, -0.2) is 66.7 Å². The largest absolute Gasteiger partial charge is 0.479 e. The summed E-state index contributed by atoms with van der Waals surface area (Å²) in [5.74, 6) is -2.29. The maximum Gasteiger partial charge on any atom is 0.407 e. The molecule has 0 bridgehead atoms. The average molecular weight is 454 g/mol. The molecule has 4 N–H and O–H groups in total. The minimum absolute atomic E-state index is 0.0277. The van der Waals surface area contributed by atoms with E-state index in [1.165, 1.54) is 0 Å². The molecule has 2 aromatic carbocycles. The van der Waals surface area contributed by atoms with E-state index in [1.807, 2.05) is 36.4 Å². The molecule has 1 fully saturated rings. The van der Waals surface area contributed by atoms with Crippen molar-refractivity contribution in [2.45, 2.75) is 24.5 Å². The van der Waals surface area contributed by atoms with E-state index in [9.17, 15) is 19.5 Å². The van der Waals surface area contributed by atoms with Gasteiger partial charge in [-0.2, -0.15) is 0 Å². The zero-order chi connectivity index (χ0) is 23.4. The van der Waals surface area contributed by atoms with Crippen LogP contribution >= 0.6 is 0 Å². The van der Waals surface area contributed by atoms with Crippen LogP contribution in [0.3, 0.4) is 0 Å².